The van der Waals surface area contributed by atoms with E-state index in [-0.39, 0.29) is 0 Å². The lowest BCUT2D eigenvalue weighted by Crippen LogP contribution is -2.35. The molecule has 1 aliphatic carbocycles. The maximum Gasteiger partial charge on any atom is 0.330 e. The van der Waals surface area contributed by atoms with Crippen molar-refractivity contribution in [2.45, 2.75) is 13.3 Å². The number of hydrogen-bond acceptors (Lipinski definition) is 4. The van der Waals surface area contributed by atoms with E-state index in [1.165, 1.54) is 18.1 Å². The van der Waals surface area contributed by atoms with Crippen LogP contribution in [0.25, 0.3) is 11.1 Å². The van der Waals surface area contributed by atoms with Crippen LogP contribution in [0.4, 0.5) is 5.69 Å². The van der Waals surface area contributed by atoms with Crippen molar-refractivity contribution in [3.63, 3.8) is 0 Å². The van der Waals surface area contributed by atoms with Crippen LogP contribution in [0.15, 0.2) is 42.5 Å². The molecule has 1 aliphatic rings. The Morgan fingerprint density at radius 2 is 1.86 bits per heavy atom. The van der Waals surface area contributed by atoms with E-state index in [2.05, 4.69) is 12.1 Å². The van der Waals surface area contributed by atoms with Gasteiger partial charge in [0, 0.05) is 6.92 Å². The molecule has 0 atom stereocenters. The summed E-state index contributed by atoms with van der Waals surface area (Å²) in [5, 5.41) is 9.87. The number of rotatable bonds is 2. The molecule has 2 aromatic carbocycles. The molecule has 0 saturated heterocycles. The van der Waals surface area contributed by atoms with Crippen molar-refractivity contribution in [3.8, 4) is 11.1 Å². The van der Waals surface area contributed by atoms with Crippen LogP contribution in [0.3, 0.4) is 0 Å². The number of aliphatic hydroxyl groups is 1. The Morgan fingerprint density at radius 3 is 2.59 bits per heavy atom. The van der Waals surface area contributed by atoms with Gasteiger partial charge in [-0.3, -0.25) is 4.79 Å². The van der Waals surface area contributed by atoms with Crippen LogP contribution in [0.5, 0.6) is 0 Å². The molecule has 0 aromatic heterocycles. The van der Waals surface area contributed by atoms with Crippen LogP contribution >= 0.6 is 0 Å². The number of anilines is 1. The van der Waals surface area contributed by atoms with Gasteiger partial charge in [-0.25, -0.2) is 4.79 Å². The summed E-state index contributed by atoms with van der Waals surface area (Å²) in [5.41, 5.74) is 5.00. The summed E-state index contributed by atoms with van der Waals surface area (Å²) in [4.78, 5) is 27.8. The molecule has 0 aliphatic heterocycles. The van der Waals surface area contributed by atoms with Crippen molar-refractivity contribution < 1.29 is 19.5 Å². The predicted octanol–water partition coefficient (Wildman–Crippen LogP) is 2.06. The second-order valence-corrected chi connectivity index (χ2v) is 5.10. The summed E-state index contributed by atoms with van der Waals surface area (Å²) < 4.78 is 0. The Morgan fingerprint density at radius 1 is 1.14 bits per heavy atom. The number of carbonyl (C=O) groups excluding carboxylic acids is 2. The summed E-state index contributed by atoms with van der Waals surface area (Å²) in [6.45, 7) is 0.478. The van der Waals surface area contributed by atoms with Gasteiger partial charge in [0.25, 0.3) is 5.91 Å². The first kappa shape index (κ1) is 14.3. The molecule has 0 bridgehead atoms. The van der Waals surface area contributed by atoms with Gasteiger partial charge in [0.1, 0.15) is 6.61 Å². The molecule has 0 unspecified atom stereocenters. The molecule has 22 heavy (non-hydrogen) atoms. The molecule has 0 heterocycles. The Hall–Kier alpha value is -2.66. The normalized spacial score (nSPS) is 11.5. The molecule has 0 spiro atoms. The SMILES string of the molecule is CC(=O)ON(C(=O)CO)c1ccc2c(c1)Cc1ccccc1-2. The van der Waals surface area contributed by atoms with Crippen LogP contribution in [-0.2, 0) is 20.8 Å². The van der Waals surface area contributed by atoms with E-state index in [0.29, 0.717) is 5.69 Å². The number of aliphatic hydroxyl groups excluding tert-OH is 1. The van der Waals surface area contributed by atoms with Crippen LogP contribution in [0.2, 0.25) is 0 Å². The monoisotopic (exact) mass is 297 g/mol. The Balaban J connectivity index is 1.98. The zero-order valence-corrected chi connectivity index (χ0v) is 12.1. The zero-order valence-electron chi connectivity index (χ0n) is 12.1. The average molecular weight is 297 g/mol. The molecule has 5 nitrogen and oxygen atoms in total. The lowest BCUT2D eigenvalue weighted by atomic mass is 10.1. The Kier molecular flexibility index (Phi) is 3.65. The minimum atomic E-state index is -0.732. The van der Waals surface area contributed by atoms with E-state index in [1.807, 2.05) is 24.3 Å². The zero-order chi connectivity index (χ0) is 15.7. The minimum absolute atomic E-state index is 0.431. The molecule has 2 aromatic rings. The summed E-state index contributed by atoms with van der Waals surface area (Å²) in [5.74, 6) is -1.31. The molecule has 1 amide bonds. The fraction of sp³-hybridized carbons (Fsp3) is 0.176. The average Bonchev–Trinajstić information content (AvgIpc) is 2.89. The molecule has 0 saturated carbocycles. The lowest BCUT2D eigenvalue weighted by Gasteiger charge is -2.20. The second kappa shape index (κ2) is 5.61. The van der Waals surface area contributed by atoms with E-state index in [1.54, 1.807) is 6.07 Å². The first-order valence-electron chi connectivity index (χ1n) is 6.93. The van der Waals surface area contributed by atoms with E-state index >= 15 is 0 Å². The molecule has 3 rings (SSSR count). The highest BCUT2D eigenvalue weighted by atomic mass is 16.7. The number of amides is 1. The first-order chi connectivity index (χ1) is 10.6. The third-order valence-electron chi connectivity index (χ3n) is 3.59. The predicted molar refractivity (Wildman–Crippen MR) is 81.0 cm³/mol. The molecular weight excluding hydrogens is 282 g/mol. The molecule has 0 radical (unpaired) electrons. The van der Waals surface area contributed by atoms with E-state index in [9.17, 15) is 9.59 Å². The number of hydrogen-bond donors (Lipinski definition) is 1. The van der Waals surface area contributed by atoms with Gasteiger partial charge in [0.05, 0.1) is 5.69 Å². The van der Waals surface area contributed by atoms with Gasteiger partial charge in [-0.15, -0.1) is 5.06 Å². The number of benzene rings is 2. The summed E-state index contributed by atoms with van der Waals surface area (Å²) >= 11 is 0. The van der Waals surface area contributed by atoms with Crippen molar-refractivity contribution in [2.24, 2.45) is 0 Å². The molecule has 5 heteroatoms. The summed E-state index contributed by atoms with van der Waals surface area (Å²) in [6, 6.07) is 13.5. The maximum atomic E-state index is 11.8. The van der Waals surface area contributed by atoms with E-state index in [0.717, 1.165) is 22.6 Å². The quantitative estimate of drug-likeness (QED) is 0.735. The molecule has 0 fully saturated rings. The van der Waals surface area contributed by atoms with Gasteiger partial charge in [-0.05, 0) is 40.8 Å². The van der Waals surface area contributed by atoms with Gasteiger partial charge < -0.3 is 9.94 Å². The highest BCUT2D eigenvalue weighted by Gasteiger charge is 2.23. The first-order valence-corrected chi connectivity index (χ1v) is 6.93. The van der Waals surface area contributed by atoms with Gasteiger partial charge in [-0.2, -0.15) is 0 Å². The van der Waals surface area contributed by atoms with Crippen molar-refractivity contribution in [3.05, 3.63) is 53.6 Å². The number of fused-ring (bicyclic) bond motifs is 3. The van der Waals surface area contributed by atoms with E-state index in [4.69, 9.17) is 9.94 Å². The highest BCUT2D eigenvalue weighted by molar-refractivity contribution is 5.94. The lowest BCUT2D eigenvalue weighted by molar-refractivity contribution is -0.149. The minimum Gasteiger partial charge on any atom is -0.386 e. The van der Waals surface area contributed by atoms with Gasteiger partial charge >= 0.3 is 5.97 Å². The standard InChI is InChI=1S/C17H15NO4/c1-11(20)22-18(17(21)10-19)14-6-7-16-13(9-14)8-12-4-2-3-5-15(12)16/h2-7,9,19H,8,10H2,1H3. The number of hydroxylamine groups is 1. The van der Waals surface area contributed by atoms with Gasteiger partial charge in [0.15, 0.2) is 0 Å². The number of nitrogens with zero attached hydrogens (tertiary/aromatic N) is 1. The Bertz CT molecular complexity index is 754. The van der Waals surface area contributed by atoms with Gasteiger partial charge in [0.2, 0.25) is 0 Å². The van der Waals surface area contributed by atoms with Crippen LogP contribution < -0.4 is 5.06 Å². The van der Waals surface area contributed by atoms with Crippen molar-refractivity contribution >= 4 is 17.6 Å². The maximum absolute atomic E-state index is 11.8. The fourth-order valence-corrected chi connectivity index (χ4v) is 2.70. The molecule has 112 valence electrons. The van der Waals surface area contributed by atoms with Crippen molar-refractivity contribution in [1.29, 1.82) is 0 Å². The number of carbonyl (C=O) groups is 2. The summed E-state index contributed by atoms with van der Waals surface area (Å²) in [7, 11) is 0. The smallest absolute Gasteiger partial charge is 0.330 e. The van der Waals surface area contributed by atoms with Crippen LogP contribution in [0, 0.1) is 0 Å². The van der Waals surface area contributed by atoms with Crippen LogP contribution in [-0.4, -0.2) is 23.6 Å². The second-order valence-electron chi connectivity index (χ2n) is 5.10. The Labute approximate surface area is 127 Å². The van der Waals surface area contributed by atoms with E-state index < -0.39 is 18.5 Å². The van der Waals surface area contributed by atoms with Gasteiger partial charge in [-0.1, -0.05) is 30.3 Å². The summed E-state index contributed by atoms with van der Waals surface area (Å²) in [6.07, 6.45) is 0.764. The molecule has 1 N–H and O–H groups in total. The highest BCUT2D eigenvalue weighted by Crippen LogP contribution is 2.38. The third-order valence-corrected chi connectivity index (χ3v) is 3.59. The molecular formula is C17H15NO4. The van der Waals surface area contributed by atoms with Crippen LogP contribution in [0.1, 0.15) is 18.1 Å². The third kappa shape index (κ3) is 2.46. The van der Waals surface area contributed by atoms with Crippen molar-refractivity contribution in [1.82, 2.24) is 0 Å². The largest absolute Gasteiger partial charge is 0.386 e. The topological polar surface area (TPSA) is 66.8 Å². The van der Waals surface area contributed by atoms with Crippen molar-refractivity contribution in [2.75, 3.05) is 11.7 Å². The fourth-order valence-electron chi connectivity index (χ4n) is 2.70.